The first-order valence-electron chi connectivity index (χ1n) is 6.43. The molecule has 3 rings (SSSR count). The number of carbonyl (C=O) groups excluding carboxylic acids is 1. The van der Waals surface area contributed by atoms with Crippen LogP contribution in [-0.4, -0.2) is 23.6 Å². The lowest BCUT2D eigenvalue weighted by molar-refractivity contribution is -0.143. The predicted octanol–water partition coefficient (Wildman–Crippen LogP) is 1.91. The van der Waals surface area contributed by atoms with E-state index in [0.29, 0.717) is 29.8 Å². The second kappa shape index (κ2) is 4.26. The molecule has 100 valence electrons. The molecule has 1 amide bonds. The molecule has 0 unspecified atom stereocenters. The molecular formula is C14H15NO4. The van der Waals surface area contributed by atoms with Gasteiger partial charge in [-0.25, -0.2) is 0 Å². The van der Waals surface area contributed by atoms with Gasteiger partial charge >= 0.3 is 5.97 Å². The number of aliphatic carboxylic acids is 1. The lowest BCUT2D eigenvalue weighted by atomic mass is 9.78. The normalized spacial score (nSPS) is 20.3. The van der Waals surface area contributed by atoms with Crippen molar-refractivity contribution in [2.75, 3.05) is 11.9 Å². The Bertz CT molecular complexity index is 546. The molecule has 1 aliphatic carbocycles. The molecule has 0 radical (unpaired) electrons. The Kier molecular flexibility index (Phi) is 2.69. The quantitative estimate of drug-likeness (QED) is 0.852. The Labute approximate surface area is 110 Å². The SMILES string of the molecule is O=C1COc2c(cccc2C2(C(=O)O)CCCC2)N1. The van der Waals surface area contributed by atoms with Gasteiger partial charge in [0.2, 0.25) is 0 Å². The van der Waals surface area contributed by atoms with Gasteiger partial charge in [0, 0.05) is 5.56 Å². The number of nitrogens with one attached hydrogen (secondary N) is 1. The van der Waals surface area contributed by atoms with Crippen LogP contribution < -0.4 is 10.1 Å². The Morgan fingerprint density at radius 3 is 2.74 bits per heavy atom. The number of rotatable bonds is 2. The molecule has 5 nitrogen and oxygen atoms in total. The first kappa shape index (κ1) is 12.0. The van der Waals surface area contributed by atoms with Crippen molar-refractivity contribution in [1.82, 2.24) is 0 Å². The number of benzene rings is 1. The fraction of sp³-hybridized carbons (Fsp3) is 0.429. The molecular weight excluding hydrogens is 246 g/mol. The molecule has 1 aliphatic heterocycles. The van der Waals surface area contributed by atoms with Crippen LogP contribution in [0.4, 0.5) is 5.69 Å². The zero-order valence-corrected chi connectivity index (χ0v) is 10.4. The van der Waals surface area contributed by atoms with Gasteiger partial charge in [0.25, 0.3) is 5.91 Å². The standard InChI is InChI=1S/C14H15NO4/c16-11-8-19-12-9(4-3-5-10(12)15-11)14(13(17)18)6-1-2-7-14/h3-5H,1-2,6-8H2,(H,15,16)(H,17,18). The largest absolute Gasteiger partial charge is 0.481 e. The highest BCUT2D eigenvalue weighted by molar-refractivity contribution is 5.96. The van der Waals surface area contributed by atoms with Gasteiger partial charge in [-0.15, -0.1) is 0 Å². The Morgan fingerprint density at radius 2 is 2.05 bits per heavy atom. The maximum absolute atomic E-state index is 11.7. The van der Waals surface area contributed by atoms with Crippen LogP contribution in [0, 0.1) is 0 Å². The molecule has 1 aromatic carbocycles. The van der Waals surface area contributed by atoms with E-state index < -0.39 is 11.4 Å². The second-order valence-corrected chi connectivity index (χ2v) is 5.11. The molecule has 0 aromatic heterocycles. The van der Waals surface area contributed by atoms with Crippen molar-refractivity contribution in [3.63, 3.8) is 0 Å². The Morgan fingerprint density at radius 1 is 1.32 bits per heavy atom. The maximum Gasteiger partial charge on any atom is 0.314 e. The average Bonchev–Trinajstić information content (AvgIpc) is 2.88. The van der Waals surface area contributed by atoms with E-state index in [-0.39, 0.29) is 12.5 Å². The summed E-state index contributed by atoms with van der Waals surface area (Å²) in [5.41, 5.74) is 0.393. The number of para-hydroxylation sites is 1. The van der Waals surface area contributed by atoms with E-state index in [0.717, 1.165) is 12.8 Å². The summed E-state index contributed by atoms with van der Waals surface area (Å²) >= 11 is 0. The molecule has 1 heterocycles. The number of hydrogen-bond donors (Lipinski definition) is 2. The lowest BCUT2D eigenvalue weighted by Crippen LogP contribution is -2.35. The molecule has 2 N–H and O–H groups in total. The number of carboxylic acids is 1. The molecule has 1 fully saturated rings. The van der Waals surface area contributed by atoms with Crippen molar-refractivity contribution in [2.24, 2.45) is 0 Å². The van der Waals surface area contributed by atoms with Crippen LogP contribution in [-0.2, 0) is 15.0 Å². The summed E-state index contributed by atoms with van der Waals surface area (Å²) in [6.07, 6.45) is 3.05. The molecule has 1 aromatic rings. The minimum atomic E-state index is -0.868. The highest BCUT2D eigenvalue weighted by Gasteiger charge is 2.45. The monoisotopic (exact) mass is 261 g/mol. The van der Waals surface area contributed by atoms with Crippen LogP contribution >= 0.6 is 0 Å². The van der Waals surface area contributed by atoms with Crippen molar-refractivity contribution in [3.8, 4) is 5.75 Å². The Hall–Kier alpha value is -2.04. The predicted molar refractivity (Wildman–Crippen MR) is 68.3 cm³/mol. The zero-order valence-electron chi connectivity index (χ0n) is 10.4. The van der Waals surface area contributed by atoms with E-state index in [1.165, 1.54) is 0 Å². The van der Waals surface area contributed by atoms with Crippen molar-refractivity contribution >= 4 is 17.6 Å². The van der Waals surface area contributed by atoms with Gasteiger partial charge in [0.05, 0.1) is 11.1 Å². The van der Waals surface area contributed by atoms with Gasteiger partial charge in [-0.2, -0.15) is 0 Å². The van der Waals surface area contributed by atoms with Crippen molar-refractivity contribution in [2.45, 2.75) is 31.1 Å². The van der Waals surface area contributed by atoms with Gasteiger partial charge in [-0.1, -0.05) is 25.0 Å². The van der Waals surface area contributed by atoms with E-state index in [1.54, 1.807) is 18.2 Å². The highest BCUT2D eigenvalue weighted by Crippen LogP contribution is 2.47. The summed E-state index contributed by atoms with van der Waals surface area (Å²) < 4.78 is 5.48. The van der Waals surface area contributed by atoms with Gasteiger partial charge in [0.1, 0.15) is 5.75 Å². The van der Waals surface area contributed by atoms with E-state index in [9.17, 15) is 14.7 Å². The number of carbonyl (C=O) groups is 2. The number of amides is 1. The highest BCUT2D eigenvalue weighted by atomic mass is 16.5. The van der Waals surface area contributed by atoms with Crippen molar-refractivity contribution in [1.29, 1.82) is 0 Å². The van der Waals surface area contributed by atoms with Gasteiger partial charge in [-0.3, -0.25) is 9.59 Å². The third-order valence-corrected chi connectivity index (χ3v) is 4.02. The topological polar surface area (TPSA) is 75.6 Å². The first-order valence-corrected chi connectivity index (χ1v) is 6.43. The maximum atomic E-state index is 11.7. The summed E-state index contributed by atoms with van der Waals surface area (Å²) in [4.78, 5) is 23.1. The molecule has 5 heteroatoms. The van der Waals surface area contributed by atoms with E-state index in [4.69, 9.17) is 4.74 Å². The third kappa shape index (κ3) is 1.77. The van der Waals surface area contributed by atoms with Crippen LogP contribution in [0.25, 0.3) is 0 Å². The smallest absolute Gasteiger partial charge is 0.314 e. The lowest BCUT2D eigenvalue weighted by Gasteiger charge is -2.29. The van der Waals surface area contributed by atoms with Gasteiger partial charge in [-0.05, 0) is 18.9 Å². The van der Waals surface area contributed by atoms with Gasteiger partial charge in [0.15, 0.2) is 6.61 Å². The second-order valence-electron chi connectivity index (χ2n) is 5.11. The molecule has 2 aliphatic rings. The summed E-state index contributed by atoms with van der Waals surface area (Å²) in [5, 5.41) is 12.4. The minimum Gasteiger partial charge on any atom is -0.481 e. The summed E-state index contributed by atoms with van der Waals surface area (Å²) in [5.74, 6) is -0.495. The van der Waals surface area contributed by atoms with Crippen LogP contribution in [0.5, 0.6) is 5.75 Å². The first-order chi connectivity index (χ1) is 9.13. The molecule has 19 heavy (non-hydrogen) atoms. The summed E-state index contributed by atoms with van der Waals surface area (Å²) in [6.45, 7) is -0.0558. The van der Waals surface area contributed by atoms with Crippen LogP contribution in [0.2, 0.25) is 0 Å². The molecule has 0 atom stereocenters. The number of carboxylic acid groups (broad SMARTS) is 1. The molecule has 1 saturated carbocycles. The third-order valence-electron chi connectivity index (χ3n) is 4.02. The van der Waals surface area contributed by atoms with E-state index >= 15 is 0 Å². The summed E-state index contributed by atoms with van der Waals surface area (Å²) in [6, 6.07) is 5.31. The van der Waals surface area contributed by atoms with Crippen molar-refractivity contribution < 1.29 is 19.4 Å². The minimum absolute atomic E-state index is 0.0558. The average molecular weight is 261 g/mol. The number of hydrogen-bond acceptors (Lipinski definition) is 3. The molecule has 0 spiro atoms. The summed E-state index contributed by atoms with van der Waals surface area (Å²) in [7, 11) is 0. The van der Waals surface area contributed by atoms with Crippen LogP contribution in [0.15, 0.2) is 18.2 Å². The number of ether oxygens (including phenoxy) is 1. The fourth-order valence-corrected chi connectivity index (χ4v) is 3.07. The Balaban J connectivity index is 2.12. The van der Waals surface area contributed by atoms with Crippen molar-refractivity contribution in [3.05, 3.63) is 23.8 Å². The fourth-order valence-electron chi connectivity index (χ4n) is 3.07. The zero-order chi connectivity index (χ0) is 13.5. The molecule has 0 saturated heterocycles. The number of anilines is 1. The van der Waals surface area contributed by atoms with Crippen LogP contribution in [0.1, 0.15) is 31.2 Å². The van der Waals surface area contributed by atoms with Crippen LogP contribution in [0.3, 0.4) is 0 Å². The molecule has 0 bridgehead atoms. The van der Waals surface area contributed by atoms with Gasteiger partial charge < -0.3 is 15.2 Å². The number of fused-ring (bicyclic) bond motifs is 1. The van der Waals surface area contributed by atoms with E-state index in [2.05, 4.69) is 5.32 Å². The van der Waals surface area contributed by atoms with E-state index in [1.807, 2.05) is 0 Å².